The lowest BCUT2D eigenvalue weighted by Gasteiger charge is -2.25. The predicted octanol–water partition coefficient (Wildman–Crippen LogP) is 2.86. The minimum Gasteiger partial charge on any atom is -0.399 e. The highest BCUT2D eigenvalue weighted by molar-refractivity contribution is 7.92. The van der Waals surface area contributed by atoms with Crippen molar-refractivity contribution in [3.05, 3.63) is 24.3 Å². The molecule has 0 bridgehead atoms. The summed E-state index contributed by atoms with van der Waals surface area (Å²) in [6.07, 6.45) is 0.633. The second-order valence-electron chi connectivity index (χ2n) is 5.89. The van der Waals surface area contributed by atoms with Crippen LogP contribution in [0.4, 0.5) is 11.4 Å². The molecule has 5 heteroatoms. The lowest BCUT2D eigenvalue weighted by molar-refractivity contribution is 0.397. The Balaban J connectivity index is 2.96. The van der Waals surface area contributed by atoms with E-state index in [4.69, 9.17) is 5.73 Å². The fourth-order valence-electron chi connectivity index (χ4n) is 1.77. The second-order valence-corrected chi connectivity index (χ2v) is 7.90. The molecule has 0 aromatic heterocycles. The van der Waals surface area contributed by atoms with E-state index >= 15 is 0 Å². The van der Waals surface area contributed by atoms with E-state index in [0.717, 1.165) is 0 Å². The normalized spacial score (nSPS) is 12.4. The van der Waals surface area contributed by atoms with Gasteiger partial charge in [0.15, 0.2) is 0 Å². The third-order valence-electron chi connectivity index (χ3n) is 2.89. The summed E-state index contributed by atoms with van der Waals surface area (Å²) in [6.45, 7) is 8.37. The monoisotopic (exact) mass is 284 g/mol. The van der Waals surface area contributed by atoms with Crippen LogP contribution in [-0.4, -0.2) is 20.7 Å². The largest absolute Gasteiger partial charge is 0.399 e. The summed E-state index contributed by atoms with van der Waals surface area (Å²) >= 11 is 0. The molecule has 1 aromatic rings. The Morgan fingerprint density at radius 2 is 1.89 bits per heavy atom. The van der Waals surface area contributed by atoms with Gasteiger partial charge >= 0.3 is 0 Å². The number of benzene rings is 1. The molecule has 0 atom stereocenters. The maximum atomic E-state index is 12.4. The van der Waals surface area contributed by atoms with Crippen LogP contribution in [0.15, 0.2) is 24.3 Å². The zero-order chi connectivity index (χ0) is 14.7. The highest BCUT2D eigenvalue weighted by Gasteiger charge is 2.23. The van der Waals surface area contributed by atoms with Gasteiger partial charge in [0.05, 0.1) is 11.4 Å². The van der Waals surface area contributed by atoms with E-state index in [9.17, 15) is 8.42 Å². The van der Waals surface area contributed by atoms with E-state index < -0.39 is 10.0 Å². The Labute approximate surface area is 116 Å². The summed E-state index contributed by atoms with van der Waals surface area (Å²) in [5, 5.41) is 0. The molecule has 0 aliphatic carbocycles. The Kier molecular flexibility index (Phi) is 4.85. The summed E-state index contributed by atoms with van der Waals surface area (Å²) in [6, 6.07) is 6.98. The molecule has 0 fully saturated rings. The van der Waals surface area contributed by atoms with Crippen LogP contribution < -0.4 is 10.0 Å². The number of hydrogen-bond donors (Lipinski definition) is 1. The molecule has 0 saturated carbocycles. The van der Waals surface area contributed by atoms with Crippen molar-refractivity contribution in [1.82, 2.24) is 0 Å². The van der Waals surface area contributed by atoms with Gasteiger partial charge in [0.2, 0.25) is 10.0 Å². The van der Waals surface area contributed by atoms with E-state index in [-0.39, 0.29) is 11.2 Å². The van der Waals surface area contributed by atoms with Crippen LogP contribution in [0.1, 0.15) is 34.1 Å². The number of anilines is 2. The molecule has 0 heterocycles. The van der Waals surface area contributed by atoms with Crippen molar-refractivity contribution < 1.29 is 8.42 Å². The maximum absolute atomic E-state index is 12.4. The number of nitrogens with zero attached hydrogens (tertiary/aromatic N) is 1. The summed E-state index contributed by atoms with van der Waals surface area (Å²) in [5.41, 5.74) is 6.93. The van der Waals surface area contributed by atoms with Gasteiger partial charge < -0.3 is 5.73 Å². The third kappa shape index (κ3) is 4.74. The van der Waals surface area contributed by atoms with Crippen molar-refractivity contribution in [3.63, 3.8) is 0 Å². The Morgan fingerprint density at radius 1 is 1.26 bits per heavy atom. The zero-order valence-electron chi connectivity index (χ0n) is 12.2. The van der Waals surface area contributed by atoms with Crippen LogP contribution >= 0.6 is 0 Å². The zero-order valence-corrected chi connectivity index (χ0v) is 13.0. The van der Waals surface area contributed by atoms with E-state index in [2.05, 4.69) is 0 Å². The Bertz CT molecular complexity index is 518. The van der Waals surface area contributed by atoms with Crippen molar-refractivity contribution in [2.45, 2.75) is 34.1 Å². The molecular formula is C14H24N2O2S. The minimum atomic E-state index is -3.30. The van der Waals surface area contributed by atoms with Crippen LogP contribution in [0.2, 0.25) is 0 Å². The Hall–Kier alpha value is -1.23. The molecule has 0 radical (unpaired) electrons. The van der Waals surface area contributed by atoms with E-state index in [0.29, 0.717) is 24.3 Å². The lowest BCUT2D eigenvalue weighted by atomic mass is 9.94. The summed E-state index contributed by atoms with van der Waals surface area (Å²) < 4.78 is 26.2. The van der Waals surface area contributed by atoms with Gasteiger partial charge in [-0.1, -0.05) is 26.8 Å². The number of rotatable bonds is 5. The molecule has 108 valence electrons. The van der Waals surface area contributed by atoms with Crippen LogP contribution in [0, 0.1) is 5.41 Å². The van der Waals surface area contributed by atoms with Gasteiger partial charge in [0.25, 0.3) is 0 Å². The van der Waals surface area contributed by atoms with Gasteiger partial charge in [0, 0.05) is 12.2 Å². The van der Waals surface area contributed by atoms with Crippen molar-refractivity contribution in [1.29, 1.82) is 0 Å². The molecular weight excluding hydrogens is 260 g/mol. The average molecular weight is 284 g/mol. The third-order valence-corrected chi connectivity index (χ3v) is 4.75. The molecule has 0 aliphatic rings. The summed E-state index contributed by atoms with van der Waals surface area (Å²) in [7, 11) is -3.30. The van der Waals surface area contributed by atoms with Gasteiger partial charge in [-0.25, -0.2) is 8.42 Å². The molecule has 0 saturated heterocycles. The molecule has 2 N–H and O–H groups in total. The van der Waals surface area contributed by atoms with E-state index in [1.807, 2.05) is 27.7 Å². The highest BCUT2D eigenvalue weighted by Crippen LogP contribution is 2.24. The number of sulfonamides is 1. The van der Waals surface area contributed by atoms with Gasteiger partial charge in [-0.15, -0.1) is 0 Å². The van der Waals surface area contributed by atoms with E-state index in [1.165, 1.54) is 4.31 Å². The molecule has 0 spiro atoms. The predicted molar refractivity (Wildman–Crippen MR) is 81.7 cm³/mol. The molecule has 19 heavy (non-hydrogen) atoms. The lowest BCUT2D eigenvalue weighted by Crippen LogP contribution is -2.34. The maximum Gasteiger partial charge on any atom is 0.235 e. The van der Waals surface area contributed by atoms with Crippen molar-refractivity contribution in [3.8, 4) is 0 Å². The molecule has 0 aliphatic heterocycles. The first-order chi connectivity index (χ1) is 8.65. The standard InChI is InChI=1S/C14H24N2O2S/c1-5-16(13-8-6-7-12(15)11-13)19(17,18)10-9-14(2,3)4/h6-8,11H,5,9-10,15H2,1-4H3. The number of hydrogen-bond acceptors (Lipinski definition) is 3. The van der Waals surface area contributed by atoms with Crippen LogP contribution in [0.5, 0.6) is 0 Å². The molecule has 0 amide bonds. The first-order valence-corrected chi connectivity index (χ1v) is 8.12. The van der Waals surface area contributed by atoms with Gasteiger partial charge in [-0.05, 0) is 37.0 Å². The average Bonchev–Trinajstić information content (AvgIpc) is 2.26. The molecule has 1 rings (SSSR count). The van der Waals surface area contributed by atoms with Crippen molar-refractivity contribution in [2.24, 2.45) is 5.41 Å². The first-order valence-electron chi connectivity index (χ1n) is 6.52. The van der Waals surface area contributed by atoms with Crippen molar-refractivity contribution >= 4 is 21.4 Å². The highest BCUT2D eigenvalue weighted by atomic mass is 32.2. The molecule has 0 unspecified atom stereocenters. The van der Waals surface area contributed by atoms with Gasteiger partial charge in [-0.3, -0.25) is 4.31 Å². The fourth-order valence-corrected chi connectivity index (χ4v) is 3.68. The molecule has 4 nitrogen and oxygen atoms in total. The van der Waals surface area contributed by atoms with Gasteiger partial charge in [0.1, 0.15) is 0 Å². The Morgan fingerprint density at radius 3 is 2.37 bits per heavy atom. The first kappa shape index (κ1) is 15.8. The number of nitrogens with two attached hydrogens (primary N) is 1. The molecule has 1 aromatic carbocycles. The quantitative estimate of drug-likeness (QED) is 0.846. The van der Waals surface area contributed by atoms with Gasteiger partial charge in [-0.2, -0.15) is 0 Å². The van der Waals surface area contributed by atoms with Crippen LogP contribution in [0.3, 0.4) is 0 Å². The minimum absolute atomic E-state index is 0.00218. The van der Waals surface area contributed by atoms with Crippen LogP contribution in [0.25, 0.3) is 0 Å². The second kappa shape index (κ2) is 5.82. The van der Waals surface area contributed by atoms with Crippen LogP contribution in [-0.2, 0) is 10.0 Å². The summed E-state index contributed by atoms with van der Waals surface area (Å²) in [5.74, 6) is 0.152. The van der Waals surface area contributed by atoms with E-state index in [1.54, 1.807) is 24.3 Å². The van der Waals surface area contributed by atoms with Crippen molar-refractivity contribution in [2.75, 3.05) is 22.3 Å². The summed E-state index contributed by atoms with van der Waals surface area (Å²) in [4.78, 5) is 0. The number of nitrogen functional groups attached to an aromatic ring is 1. The topological polar surface area (TPSA) is 63.4 Å². The smallest absolute Gasteiger partial charge is 0.235 e. The fraction of sp³-hybridized carbons (Fsp3) is 0.571. The SMILES string of the molecule is CCN(c1cccc(N)c1)S(=O)(=O)CCC(C)(C)C.